The van der Waals surface area contributed by atoms with Crippen LogP contribution in [0.3, 0.4) is 0 Å². The number of carbonyl (C=O) groups excluding carboxylic acids is 1. The molecular weight excluding hydrogens is 339 g/mol. The van der Waals surface area contributed by atoms with Crippen LogP contribution in [0.4, 0.5) is 11.4 Å². The number of nitrogen functional groups attached to an aromatic ring is 1. The van der Waals surface area contributed by atoms with Crippen molar-refractivity contribution < 1.29 is 4.79 Å². The van der Waals surface area contributed by atoms with Crippen molar-refractivity contribution in [3.8, 4) is 0 Å². The van der Waals surface area contributed by atoms with Gasteiger partial charge in [-0.15, -0.1) is 0 Å². The number of nitrogens with one attached hydrogen (secondary N) is 1. The molecule has 0 atom stereocenters. The molecule has 1 amide bonds. The number of nitrogens with two attached hydrogens (primary N) is 1. The molecule has 3 nitrogen and oxygen atoms in total. The summed E-state index contributed by atoms with van der Waals surface area (Å²) in [6.45, 7) is 0. The topological polar surface area (TPSA) is 55.1 Å². The largest absolute Gasteiger partial charge is 0.398 e. The van der Waals surface area contributed by atoms with Gasteiger partial charge in [0.2, 0.25) is 5.91 Å². The predicted octanol–water partition coefficient (Wildman–Crippen LogP) is 3.05. The Morgan fingerprint density at radius 1 is 1.17 bits per heavy atom. The van der Waals surface area contributed by atoms with Crippen LogP contribution in [0.2, 0.25) is 0 Å². The minimum absolute atomic E-state index is 0.0603. The minimum atomic E-state index is -0.0603. The van der Waals surface area contributed by atoms with Gasteiger partial charge in [-0.25, -0.2) is 0 Å². The molecule has 2 aromatic carbocycles. The number of rotatable bonds is 3. The van der Waals surface area contributed by atoms with Gasteiger partial charge in [-0.3, -0.25) is 4.79 Å². The van der Waals surface area contributed by atoms with Crippen molar-refractivity contribution in [1.82, 2.24) is 0 Å². The van der Waals surface area contributed by atoms with Crippen molar-refractivity contribution in [2.75, 3.05) is 11.1 Å². The Kier molecular flexibility index (Phi) is 4.19. The second kappa shape index (κ2) is 5.86. The zero-order valence-electron chi connectivity index (χ0n) is 9.69. The van der Waals surface area contributed by atoms with Crippen LogP contribution >= 0.6 is 22.6 Å². The number of hydrogen-bond acceptors (Lipinski definition) is 2. The molecular formula is C14H13IN2O. The lowest BCUT2D eigenvalue weighted by atomic mass is 10.1. The fourth-order valence-corrected chi connectivity index (χ4v) is 2.18. The lowest BCUT2D eigenvalue weighted by Gasteiger charge is -2.07. The van der Waals surface area contributed by atoms with Gasteiger partial charge >= 0.3 is 0 Å². The summed E-state index contributed by atoms with van der Waals surface area (Å²) in [5.74, 6) is -0.0603. The highest BCUT2D eigenvalue weighted by atomic mass is 127. The van der Waals surface area contributed by atoms with Gasteiger partial charge < -0.3 is 11.1 Å². The van der Waals surface area contributed by atoms with Gasteiger partial charge in [0.1, 0.15) is 0 Å². The van der Waals surface area contributed by atoms with Crippen molar-refractivity contribution in [2.24, 2.45) is 0 Å². The van der Waals surface area contributed by atoms with Crippen molar-refractivity contribution >= 4 is 39.9 Å². The lowest BCUT2D eigenvalue weighted by Crippen LogP contribution is -2.15. The van der Waals surface area contributed by atoms with E-state index in [0.717, 1.165) is 14.8 Å². The van der Waals surface area contributed by atoms with E-state index in [2.05, 4.69) is 27.9 Å². The molecule has 18 heavy (non-hydrogen) atoms. The first-order chi connectivity index (χ1) is 8.65. The van der Waals surface area contributed by atoms with Gasteiger partial charge in [-0.2, -0.15) is 0 Å². The number of para-hydroxylation sites is 1. The van der Waals surface area contributed by atoms with Crippen LogP contribution in [0, 0.1) is 3.57 Å². The normalized spacial score (nSPS) is 10.1. The quantitative estimate of drug-likeness (QED) is 0.659. The maximum absolute atomic E-state index is 11.9. The molecule has 0 unspecified atom stereocenters. The number of anilines is 2. The molecule has 92 valence electrons. The fourth-order valence-electron chi connectivity index (χ4n) is 1.64. The lowest BCUT2D eigenvalue weighted by molar-refractivity contribution is -0.115. The summed E-state index contributed by atoms with van der Waals surface area (Å²) in [5, 5.41) is 2.86. The van der Waals surface area contributed by atoms with E-state index in [1.54, 1.807) is 6.07 Å². The Morgan fingerprint density at radius 2 is 1.94 bits per heavy atom. The number of benzene rings is 2. The zero-order chi connectivity index (χ0) is 13.0. The summed E-state index contributed by atoms with van der Waals surface area (Å²) >= 11 is 2.21. The maximum atomic E-state index is 11.9. The number of hydrogen-bond donors (Lipinski definition) is 2. The second-order valence-corrected chi connectivity index (χ2v) is 5.18. The van der Waals surface area contributed by atoms with Crippen LogP contribution in [-0.4, -0.2) is 5.91 Å². The third-order valence-electron chi connectivity index (χ3n) is 2.51. The van der Waals surface area contributed by atoms with Crippen molar-refractivity contribution in [3.05, 3.63) is 57.7 Å². The maximum Gasteiger partial charge on any atom is 0.228 e. The van der Waals surface area contributed by atoms with E-state index in [1.165, 1.54) is 0 Å². The Hall–Kier alpha value is -1.56. The molecule has 0 aliphatic heterocycles. The van der Waals surface area contributed by atoms with Crippen LogP contribution < -0.4 is 11.1 Å². The average Bonchev–Trinajstić information content (AvgIpc) is 2.32. The van der Waals surface area contributed by atoms with Crippen LogP contribution in [0.15, 0.2) is 48.5 Å². The average molecular weight is 352 g/mol. The molecule has 0 spiro atoms. The van der Waals surface area contributed by atoms with E-state index in [0.29, 0.717) is 5.69 Å². The van der Waals surface area contributed by atoms with Crippen LogP contribution in [0.25, 0.3) is 0 Å². The molecule has 0 radical (unpaired) electrons. The highest BCUT2D eigenvalue weighted by molar-refractivity contribution is 14.1. The first-order valence-electron chi connectivity index (χ1n) is 5.54. The zero-order valence-corrected chi connectivity index (χ0v) is 11.8. The first-order valence-corrected chi connectivity index (χ1v) is 6.62. The predicted molar refractivity (Wildman–Crippen MR) is 82.3 cm³/mol. The highest BCUT2D eigenvalue weighted by Gasteiger charge is 2.06. The molecule has 0 saturated heterocycles. The Labute approximate surface area is 120 Å². The van der Waals surface area contributed by atoms with E-state index in [4.69, 9.17) is 5.73 Å². The molecule has 0 aliphatic rings. The molecule has 0 bridgehead atoms. The number of carbonyl (C=O) groups is 1. The fraction of sp³-hybridized carbons (Fsp3) is 0.0714. The first kappa shape index (κ1) is 12.9. The molecule has 0 saturated carbocycles. The standard InChI is InChI=1S/C14H13IN2O/c15-11-5-3-6-12(9-11)17-14(18)8-10-4-1-2-7-13(10)16/h1-7,9H,8,16H2,(H,17,18). The highest BCUT2D eigenvalue weighted by Crippen LogP contribution is 2.15. The summed E-state index contributed by atoms with van der Waals surface area (Å²) < 4.78 is 1.09. The second-order valence-electron chi connectivity index (χ2n) is 3.93. The van der Waals surface area contributed by atoms with Gasteiger partial charge in [0.05, 0.1) is 6.42 Å². The van der Waals surface area contributed by atoms with Gasteiger partial charge in [0.25, 0.3) is 0 Å². The third kappa shape index (κ3) is 3.46. The minimum Gasteiger partial charge on any atom is -0.398 e. The van der Waals surface area contributed by atoms with E-state index in [-0.39, 0.29) is 12.3 Å². The van der Waals surface area contributed by atoms with E-state index < -0.39 is 0 Å². The van der Waals surface area contributed by atoms with E-state index >= 15 is 0 Å². The summed E-state index contributed by atoms with van der Waals surface area (Å²) in [7, 11) is 0. The number of halogens is 1. The van der Waals surface area contributed by atoms with Crippen LogP contribution in [0.1, 0.15) is 5.56 Å². The monoisotopic (exact) mass is 352 g/mol. The summed E-state index contributed by atoms with van der Waals surface area (Å²) in [6, 6.07) is 15.1. The van der Waals surface area contributed by atoms with Gasteiger partial charge in [0, 0.05) is 14.9 Å². The van der Waals surface area contributed by atoms with Crippen molar-refractivity contribution in [1.29, 1.82) is 0 Å². The van der Waals surface area contributed by atoms with Crippen LogP contribution in [0.5, 0.6) is 0 Å². The molecule has 3 N–H and O–H groups in total. The molecule has 0 aliphatic carbocycles. The van der Waals surface area contributed by atoms with Crippen molar-refractivity contribution in [2.45, 2.75) is 6.42 Å². The van der Waals surface area contributed by atoms with Crippen LogP contribution in [-0.2, 0) is 11.2 Å². The molecule has 0 fully saturated rings. The Morgan fingerprint density at radius 3 is 2.67 bits per heavy atom. The third-order valence-corrected chi connectivity index (χ3v) is 3.19. The van der Waals surface area contributed by atoms with E-state index in [9.17, 15) is 4.79 Å². The Bertz CT molecular complexity index is 569. The summed E-state index contributed by atoms with van der Waals surface area (Å²) in [4.78, 5) is 11.9. The van der Waals surface area contributed by atoms with Gasteiger partial charge in [-0.1, -0.05) is 24.3 Å². The summed E-state index contributed by atoms with van der Waals surface area (Å²) in [5.41, 5.74) is 8.11. The molecule has 4 heteroatoms. The van der Waals surface area contributed by atoms with Crippen molar-refractivity contribution in [3.63, 3.8) is 0 Å². The molecule has 0 heterocycles. The van der Waals surface area contributed by atoms with Gasteiger partial charge in [-0.05, 0) is 52.4 Å². The SMILES string of the molecule is Nc1ccccc1CC(=O)Nc1cccc(I)c1. The smallest absolute Gasteiger partial charge is 0.228 e. The summed E-state index contributed by atoms with van der Waals surface area (Å²) in [6.07, 6.45) is 0.290. The molecule has 0 aromatic heterocycles. The molecule has 2 rings (SSSR count). The van der Waals surface area contributed by atoms with Gasteiger partial charge in [0.15, 0.2) is 0 Å². The Balaban J connectivity index is 2.03. The number of amides is 1. The van der Waals surface area contributed by atoms with E-state index in [1.807, 2.05) is 42.5 Å². The molecule has 2 aromatic rings.